The second-order valence-corrected chi connectivity index (χ2v) is 7.17. The number of nitrogens with zero attached hydrogens (tertiary/aromatic N) is 2. The standard InChI is InChI=1S/C11H16BrFN4O2S/c1-16-2-4-17(5-3-16)15-20(18,19)11-7-10(14)9(13)6-8(11)12/h6-7,15H,2-5,14H2,1H3. The summed E-state index contributed by atoms with van der Waals surface area (Å²) in [6.07, 6.45) is 0. The Balaban J connectivity index is 2.20. The van der Waals surface area contributed by atoms with Gasteiger partial charge in [0, 0.05) is 30.7 Å². The summed E-state index contributed by atoms with van der Waals surface area (Å²) in [5, 5.41) is 1.63. The van der Waals surface area contributed by atoms with Gasteiger partial charge in [-0.25, -0.2) is 17.8 Å². The molecule has 0 spiro atoms. The number of nitrogens with one attached hydrogen (secondary N) is 1. The molecule has 0 amide bonds. The molecule has 1 heterocycles. The average molecular weight is 367 g/mol. The molecule has 0 aliphatic carbocycles. The highest BCUT2D eigenvalue weighted by atomic mass is 79.9. The molecule has 9 heteroatoms. The molecule has 1 aliphatic heterocycles. The van der Waals surface area contributed by atoms with Gasteiger partial charge < -0.3 is 10.6 Å². The first-order valence-electron chi connectivity index (χ1n) is 6.00. The SMILES string of the molecule is CN1CCN(NS(=O)(=O)c2cc(N)c(F)cc2Br)CC1. The zero-order chi connectivity index (χ0) is 14.9. The van der Waals surface area contributed by atoms with Crippen molar-refractivity contribution in [2.24, 2.45) is 0 Å². The van der Waals surface area contributed by atoms with Gasteiger partial charge in [0.25, 0.3) is 10.0 Å². The fourth-order valence-electron chi connectivity index (χ4n) is 1.87. The number of likely N-dealkylation sites (N-methyl/N-ethyl adjacent to an activating group) is 1. The highest BCUT2D eigenvalue weighted by molar-refractivity contribution is 9.10. The Morgan fingerprint density at radius 1 is 1.30 bits per heavy atom. The molecule has 1 aromatic carbocycles. The first-order chi connectivity index (χ1) is 9.29. The van der Waals surface area contributed by atoms with Crippen molar-refractivity contribution in [2.75, 3.05) is 39.0 Å². The molecule has 1 fully saturated rings. The van der Waals surface area contributed by atoms with Crippen LogP contribution in [0.15, 0.2) is 21.5 Å². The van der Waals surface area contributed by atoms with E-state index in [1.165, 1.54) is 0 Å². The lowest BCUT2D eigenvalue weighted by Crippen LogP contribution is -2.52. The maximum Gasteiger partial charge on any atom is 0.254 e. The number of nitrogens with two attached hydrogens (primary N) is 1. The zero-order valence-electron chi connectivity index (χ0n) is 10.9. The van der Waals surface area contributed by atoms with Gasteiger partial charge in [0.2, 0.25) is 0 Å². The first-order valence-corrected chi connectivity index (χ1v) is 8.27. The Bertz CT molecular complexity index is 603. The number of benzene rings is 1. The highest BCUT2D eigenvalue weighted by Gasteiger charge is 2.24. The summed E-state index contributed by atoms with van der Waals surface area (Å²) >= 11 is 3.05. The number of anilines is 1. The van der Waals surface area contributed by atoms with Crippen LogP contribution in [0.5, 0.6) is 0 Å². The van der Waals surface area contributed by atoms with Crippen molar-refractivity contribution in [2.45, 2.75) is 4.90 Å². The van der Waals surface area contributed by atoms with Gasteiger partial charge in [-0.3, -0.25) is 0 Å². The van der Waals surface area contributed by atoms with Crippen LogP contribution in [0, 0.1) is 5.82 Å². The lowest BCUT2D eigenvalue weighted by Gasteiger charge is -2.32. The fourth-order valence-corrected chi connectivity index (χ4v) is 4.04. The summed E-state index contributed by atoms with van der Waals surface area (Å²) in [5.74, 6) is -0.657. The summed E-state index contributed by atoms with van der Waals surface area (Å²) in [5.41, 5.74) is 5.23. The Morgan fingerprint density at radius 3 is 2.50 bits per heavy atom. The Morgan fingerprint density at radius 2 is 1.90 bits per heavy atom. The van der Waals surface area contributed by atoms with Crippen LogP contribution in [0.25, 0.3) is 0 Å². The molecule has 2 rings (SSSR count). The lowest BCUT2D eigenvalue weighted by molar-refractivity contribution is 0.135. The second-order valence-electron chi connectivity index (χ2n) is 4.69. The van der Waals surface area contributed by atoms with Gasteiger partial charge in [-0.05, 0) is 35.1 Å². The Hall–Kier alpha value is -0.740. The Labute approximate surface area is 125 Å². The largest absolute Gasteiger partial charge is 0.396 e. The van der Waals surface area contributed by atoms with E-state index >= 15 is 0 Å². The van der Waals surface area contributed by atoms with Gasteiger partial charge in [0.05, 0.1) is 10.6 Å². The third kappa shape index (κ3) is 3.47. The van der Waals surface area contributed by atoms with Crippen LogP contribution in [0.1, 0.15) is 0 Å². The molecular weight excluding hydrogens is 351 g/mol. The number of sulfonamides is 1. The van der Waals surface area contributed by atoms with Crippen molar-refractivity contribution >= 4 is 31.6 Å². The molecule has 0 aromatic heterocycles. The van der Waals surface area contributed by atoms with Crippen LogP contribution in [0.2, 0.25) is 0 Å². The molecule has 1 aromatic rings. The first kappa shape index (κ1) is 15.6. The van der Waals surface area contributed by atoms with Gasteiger partial charge in [0.1, 0.15) is 5.82 Å². The van der Waals surface area contributed by atoms with Crippen LogP contribution < -0.4 is 10.6 Å². The number of hydrogen-bond donors (Lipinski definition) is 2. The zero-order valence-corrected chi connectivity index (χ0v) is 13.3. The van der Waals surface area contributed by atoms with Crippen molar-refractivity contribution in [3.05, 3.63) is 22.4 Å². The number of hydrazine groups is 1. The fraction of sp³-hybridized carbons (Fsp3) is 0.455. The third-order valence-electron chi connectivity index (χ3n) is 3.09. The topological polar surface area (TPSA) is 78.7 Å². The summed E-state index contributed by atoms with van der Waals surface area (Å²) < 4.78 is 38.0. The molecular formula is C11H16BrFN4O2S. The smallest absolute Gasteiger partial charge is 0.254 e. The molecule has 0 saturated carbocycles. The van der Waals surface area contributed by atoms with E-state index in [1.54, 1.807) is 5.01 Å². The molecule has 112 valence electrons. The monoisotopic (exact) mass is 366 g/mol. The Kier molecular flexibility index (Phi) is 4.65. The van der Waals surface area contributed by atoms with E-state index in [2.05, 4.69) is 25.7 Å². The van der Waals surface area contributed by atoms with E-state index < -0.39 is 15.8 Å². The van der Waals surface area contributed by atoms with Crippen molar-refractivity contribution in [3.63, 3.8) is 0 Å². The summed E-state index contributed by atoms with van der Waals surface area (Å²) in [7, 11) is -1.81. The van der Waals surface area contributed by atoms with Crippen LogP contribution in [-0.4, -0.2) is 51.6 Å². The van der Waals surface area contributed by atoms with Crippen molar-refractivity contribution in [1.82, 2.24) is 14.7 Å². The molecule has 0 atom stereocenters. The lowest BCUT2D eigenvalue weighted by atomic mass is 10.3. The molecule has 1 aliphatic rings. The normalized spacial score (nSPS) is 18.4. The highest BCUT2D eigenvalue weighted by Crippen LogP contribution is 2.26. The average Bonchev–Trinajstić information content (AvgIpc) is 2.36. The van der Waals surface area contributed by atoms with Crippen LogP contribution >= 0.6 is 15.9 Å². The maximum atomic E-state index is 13.3. The van der Waals surface area contributed by atoms with E-state index in [4.69, 9.17) is 5.73 Å². The molecule has 0 unspecified atom stereocenters. The van der Waals surface area contributed by atoms with E-state index in [-0.39, 0.29) is 15.1 Å². The van der Waals surface area contributed by atoms with Gasteiger partial charge in [0.15, 0.2) is 0 Å². The number of halogens is 2. The van der Waals surface area contributed by atoms with E-state index in [9.17, 15) is 12.8 Å². The van der Waals surface area contributed by atoms with E-state index in [0.29, 0.717) is 13.1 Å². The van der Waals surface area contributed by atoms with E-state index in [1.807, 2.05) is 7.05 Å². The summed E-state index contributed by atoms with van der Waals surface area (Å²) in [6.45, 7) is 2.72. The summed E-state index contributed by atoms with van der Waals surface area (Å²) in [4.78, 5) is 4.52. The van der Waals surface area contributed by atoms with Crippen LogP contribution in [0.3, 0.4) is 0 Å². The molecule has 3 N–H and O–H groups in total. The summed E-state index contributed by atoms with van der Waals surface area (Å²) in [6, 6.07) is 2.16. The van der Waals surface area contributed by atoms with E-state index in [0.717, 1.165) is 25.2 Å². The van der Waals surface area contributed by atoms with Gasteiger partial charge in [-0.1, -0.05) is 0 Å². The number of rotatable bonds is 3. The minimum absolute atomic E-state index is 0.0738. The van der Waals surface area contributed by atoms with Gasteiger partial charge in [-0.2, -0.15) is 0 Å². The minimum atomic E-state index is -3.78. The molecule has 1 saturated heterocycles. The maximum absolute atomic E-state index is 13.3. The predicted octanol–water partition coefficient (Wildman–Crippen LogP) is 0.611. The number of piperazine rings is 1. The number of hydrogen-bond acceptors (Lipinski definition) is 5. The quantitative estimate of drug-likeness (QED) is 0.766. The van der Waals surface area contributed by atoms with Crippen molar-refractivity contribution in [1.29, 1.82) is 0 Å². The number of nitrogen functional groups attached to an aromatic ring is 1. The minimum Gasteiger partial charge on any atom is -0.396 e. The molecule has 20 heavy (non-hydrogen) atoms. The molecule has 0 radical (unpaired) electrons. The molecule has 0 bridgehead atoms. The predicted molar refractivity (Wildman–Crippen MR) is 77.9 cm³/mol. The van der Waals surface area contributed by atoms with Crippen molar-refractivity contribution < 1.29 is 12.8 Å². The third-order valence-corrected chi connectivity index (χ3v) is 5.43. The van der Waals surface area contributed by atoms with Crippen LogP contribution in [0.4, 0.5) is 10.1 Å². The van der Waals surface area contributed by atoms with Gasteiger partial charge in [-0.15, -0.1) is 4.83 Å². The van der Waals surface area contributed by atoms with Gasteiger partial charge >= 0.3 is 0 Å². The second kappa shape index (κ2) is 5.94. The molecule has 6 nitrogen and oxygen atoms in total. The van der Waals surface area contributed by atoms with Crippen molar-refractivity contribution in [3.8, 4) is 0 Å². The van der Waals surface area contributed by atoms with Crippen LogP contribution in [-0.2, 0) is 10.0 Å².